The Morgan fingerprint density at radius 1 is 1.30 bits per heavy atom. The molecule has 0 aliphatic carbocycles. The van der Waals surface area contributed by atoms with Crippen LogP contribution in [0.4, 0.5) is 5.13 Å². The monoisotopic (exact) mass is 344 g/mol. The highest BCUT2D eigenvalue weighted by Crippen LogP contribution is 2.24. The first-order valence-electron chi connectivity index (χ1n) is 6.82. The molecule has 0 bridgehead atoms. The topological polar surface area (TPSA) is 80.4 Å². The lowest BCUT2D eigenvalue weighted by atomic mass is 10.1. The van der Waals surface area contributed by atoms with Gasteiger partial charge >= 0.3 is 0 Å². The van der Waals surface area contributed by atoms with Crippen molar-refractivity contribution in [3.63, 3.8) is 0 Å². The molecule has 1 heterocycles. The van der Waals surface area contributed by atoms with E-state index in [0.29, 0.717) is 10.2 Å². The van der Waals surface area contributed by atoms with Gasteiger partial charge in [0.2, 0.25) is 5.91 Å². The Hall–Kier alpha value is -2.44. The Morgan fingerprint density at radius 3 is 2.87 bits per heavy atom. The molecule has 1 aromatic heterocycles. The number of nitrogens with one attached hydrogen (secondary N) is 1. The van der Waals surface area contributed by atoms with E-state index < -0.39 is 0 Å². The van der Waals surface area contributed by atoms with Crippen LogP contribution in [0.15, 0.2) is 47.6 Å². The summed E-state index contributed by atoms with van der Waals surface area (Å²) in [4.78, 5) is 16.1. The summed E-state index contributed by atoms with van der Waals surface area (Å²) in [5.74, 6) is -0.188. The normalized spacial score (nSPS) is 11.2. The second kappa shape index (κ2) is 6.76. The maximum atomic E-state index is 11.9. The molecule has 5 nitrogen and oxygen atoms in total. The van der Waals surface area contributed by atoms with Gasteiger partial charge in [-0.25, -0.2) is 10.4 Å². The van der Waals surface area contributed by atoms with Crippen molar-refractivity contribution in [3.05, 3.63) is 58.6 Å². The van der Waals surface area contributed by atoms with Crippen LogP contribution < -0.4 is 11.2 Å². The molecule has 1 amide bonds. The van der Waals surface area contributed by atoms with Crippen LogP contribution in [0.25, 0.3) is 10.2 Å². The van der Waals surface area contributed by atoms with E-state index in [1.54, 1.807) is 18.3 Å². The highest BCUT2D eigenvalue weighted by molar-refractivity contribution is 7.22. The van der Waals surface area contributed by atoms with Crippen LogP contribution in [0.2, 0.25) is 5.02 Å². The summed E-state index contributed by atoms with van der Waals surface area (Å²) in [6, 6.07) is 12.8. The second-order valence-electron chi connectivity index (χ2n) is 4.88. The molecule has 3 aromatic rings. The van der Waals surface area contributed by atoms with E-state index in [-0.39, 0.29) is 12.3 Å². The van der Waals surface area contributed by atoms with Gasteiger partial charge in [-0.2, -0.15) is 5.10 Å². The maximum Gasteiger partial charge on any atom is 0.244 e. The largest absolute Gasteiger partial charge is 0.375 e. The van der Waals surface area contributed by atoms with E-state index in [4.69, 9.17) is 17.3 Å². The summed E-state index contributed by atoms with van der Waals surface area (Å²) in [5.41, 5.74) is 10.8. The molecule has 0 saturated carbocycles. The van der Waals surface area contributed by atoms with Crippen molar-refractivity contribution in [2.75, 3.05) is 5.73 Å². The maximum absolute atomic E-state index is 11.9. The third kappa shape index (κ3) is 4.06. The Morgan fingerprint density at radius 2 is 2.09 bits per heavy atom. The molecule has 2 aromatic carbocycles. The average molecular weight is 345 g/mol. The van der Waals surface area contributed by atoms with E-state index in [9.17, 15) is 4.79 Å². The number of anilines is 1. The van der Waals surface area contributed by atoms with Crippen molar-refractivity contribution in [2.45, 2.75) is 6.42 Å². The molecular weight excluding hydrogens is 332 g/mol. The molecule has 0 atom stereocenters. The Balaban J connectivity index is 1.60. The van der Waals surface area contributed by atoms with E-state index >= 15 is 0 Å². The number of aromatic nitrogens is 1. The number of nitrogen functional groups attached to an aromatic ring is 1. The number of carbonyl (C=O) groups is 1. The van der Waals surface area contributed by atoms with E-state index in [2.05, 4.69) is 15.5 Å². The summed E-state index contributed by atoms with van der Waals surface area (Å²) in [6.45, 7) is 0. The molecular formula is C16H13ClN4OS. The molecule has 7 heteroatoms. The third-order valence-electron chi connectivity index (χ3n) is 3.11. The molecule has 0 unspecified atom stereocenters. The van der Waals surface area contributed by atoms with Crippen LogP contribution >= 0.6 is 22.9 Å². The minimum absolute atomic E-state index is 0.188. The highest BCUT2D eigenvalue weighted by atomic mass is 35.5. The summed E-state index contributed by atoms with van der Waals surface area (Å²) in [6.07, 6.45) is 1.81. The zero-order valence-electron chi connectivity index (χ0n) is 12.0. The van der Waals surface area contributed by atoms with Gasteiger partial charge in [0.25, 0.3) is 0 Å². The number of hydrazone groups is 1. The number of nitrogens with zero attached hydrogens (tertiary/aromatic N) is 2. The fourth-order valence-electron chi connectivity index (χ4n) is 2.05. The van der Waals surface area contributed by atoms with Crippen molar-refractivity contribution in [3.8, 4) is 0 Å². The van der Waals surface area contributed by atoms with Crippen molar-refractivity contribution in [1.29, 1.82) is 0 Å². The van der Waals surface area contributed by atoms with Crippen LogP contribution in [0.5, 0.6) is 0 Å². The molecule has 3 N–H and O–H groups in total. The van der Waals surface area contributed by atoms with Gasteiger partial charge in [-0.15, -0.1) is 0 Å². The first kappa shape index (κ1) is 15.5. The summed E-state index contributed by atoms with van der Waals surface area (Å²) in [7, 11) is 0. The van der Waals surface area contributed by atoms with Gasteiger partial charge in [-0.3, -0.25) is 4.79 Å². The number of halogens is 1. The Kier molecular flexibility index (Phi) is 4.55. The van der Waals surface area contributed by atoms with E-state index in [1.165, 1.54) is 11.3 Å². The molecule has 23 heavy (non-hydrogen) atoms. The predicted molar refractivity (Wildman–Crippen MR) is 94.9 cm³/mol. The van der Waals surface area contributed by atoms with Crippen molar-refractivity contribution in [1.82, 2.24) is 10.4 Å². The lowest BCUT2D eigenvalue weighted by Gasteiger charge is -2.00. The number of thiazole rings is 1. The minimum atomic E-state index is -0.188. The zero-order chi connectivity index (χ0) is 16.2. The average Bonchev–Trinajstić information content (AvgIpc) is 2.88. The molecule has 0 aliphatic rings. The fraction of sp³-hybridized carbons (Fsp3) is 0.0625. The molecule has 0 fully saturated rings. The van der Waals surface area contributed by atoms with Crippen LogP contribution in [-0.2, 0) is 11.2 Å². The van der Waals surface area contributed by atoms with Gasteiger partial charge in [0, 0.05) is 5.02 Å². The molecule has 3 rings (SSSR count). The van der Waals surface area contributed by atoms with E-state index in [0.717, 1.165) is 21.3 Å². The first-order chi connectivity index (χ1) is 11.1. The smallest absolute Gasteiger partial charge is 0.244 e. The number of benzene rings is 2. The lowest BCUT2D eigenvalue weighted by molar-refractivity contribution is -0.120. The quantitative estimate of drug-likeness (QED) is 0.563. The highest BCUT2D eigenvalue weighted by Gasteiger charge is 2.06. The predicted octanol–water partition coefficient (Wildman–Crippen LogP) is 3.22. The van der Waals surface area contributed by atoms with Crippen LogP contribution in [-0.4, -0.2) is 17.1 Å². The van der Waals surface area contributed by atoms with Gasteiger partial charge in [0.05, 0.1) is 22.9 Å². The van der Waals surface area contributed by atoms with Gasteiger partial charge in [-0.1, -0.05) is 41.1 Å². The van der Waals surface area contributed by atoms with Crippen LogP contribution in [0, 0.1) is 0 Å². The van der Waals surface area contributed by atoms with Crippen LogP contribution in [0.1, 0.15) is 11.1 Å². The zero-order valence-corrected chi connectivity index (χ0v) is 13.6. The summed E-state index contributed by atoms with van der Waals surface area (Å²) >= 11 is 7.21. The summed E-state index contributed by atoms with van der Waals surface area (Å²) < 4.78 is 0.970. The minimum Gasteiger partial charge on any atom is -0.375 e. The molecule has 0 radical (unpaired) electrons. The van der Waals surface area contributed by atoms with Crippen molar-refractivity contribution >= 4 is 50.4 Å². The number of fused-ring (bicyclic) bond motifs is 1. The molecule has 0 spiro atoms. The Labute approximate surface area is 141 Å². The number of hydrogen-bond donors (Lipinski definition) is 2. The number of amides is 1. The fourth-order valence-corrected chi connectivity index (χ4v) is 2.97. The van der Waals surface area contributed by atoms with E-state index in [1.807, 2.05) is 30.3 Å². The lowest BCUT2D eigenvalue weighted by Crippen LogP contribution is -2.19. The number of nitrogens with two attached hydrogens (primary N) is 1. The number of hydrogen-bond acceptors (Lipinski definition) is 5. The van der Waals surface area contributed by atoms with Crippen LogP contribution in [0.3, 0.4) is 0 Å². The van der Waals surface area contributed by atoms with Crippen molar-refractivity contribution in [2.24, 2.45) is 5.10 Å². The number of rotatable bonds is 4. The Bertz CT molecular complexity index is 873. The van der Waals surface area contributed by atoms with Gasteiger partial charge in [0.1, 0.15) is 0 Å². The second-order valence-corrected chi connectivity index (χ2v) is 6.37. The summed E-state index contributed by atoms with van der Waals surface area (Å²) in [5, 5.41) is 5.12. The molecule has 116 valence electrons. The van der Waals surface area contributed by atoms with Gasteiger partial charge in [0.15, 0.2) is 5.13 Å². The SMILES string of the molecule is Nc1nc2ccc(CC(=O)N/N=C\c3ccc(Cl)cc3)cc2s1. The van der Waals surface area contributed by atoms with Gasteiger partial charge in [-0.05, 0) is 35.4 Å². The first-order valence-corrected chi connectivity index (χ1v) is 8.02. The standard InChI is InChI=1S/C16H13ClN4OS/c17-12-4-1-10(2-5-12)9-19-21-15(22)8-11-3-6-13-14(7-11)23-16(18)20-13/h1-7,9H,8H2,(H2,18,20)(H,21,22)/b19-9-. The van der Waals surface area contributed by atoms with Crippen molar-refractivity contribution < 1.29 is 4.79 Å². The molecule has 0 aliphatic heterocycles. The van der Waals surface area contributed by atoms with Gasteiger partial charge < -0.3 is 5.73 Å². The third-order valence-corrected chi connectivity index (χ3v) is 4.21. The number of carbonyl (C=O) groups excluding carboxylic acids is 1. The molecule has 0 saturated heterocycles.